The lowest BCUT2D eigenvalue weighted by molar-refractivity contribution is 0.306. The smallest absolute Gasteiger partial charge is 0.122 e. The Balaban J connectivity index is 2.04. The van der Waals surface area contributed by atoms with Gasteiger partial charge in [0, 0.05) is 35.0 Å². The molecule has 16 heavy (non-hydrogen) atoms. The third-order valence-corrected chi connectivity index (χ3v) is 2.52. The number of nitrogens with zero attached hydrogens (tertiary/aromatic N) is 2. The molecule has 0 amide bonds. The van der Waals surface area contributed by atoms with Crippen molar-refractivity contribution >= 4 is 21.6 Å². The van der Waals surface area contributed by atoms with Crippen LogP contribution < -0.4 is 10.5 Å². The molecule has 0 saturated carbocycles. The molecule has 2 N–H and O–H groups in total. The fraction of sp³-hybridized carbons (Fsp3) is 0.182. The first-order valence-corrected chi connectivity index (χ1v) is 5.59. The number of halogens is 1. The number of nitrogens with two attached hydrogens (primary N) is 1. The van der Waals surface area contributed by atoms with Crippen molar-refractivity contribution in [1.82, 2.24) is 9.78 Å². The number of rotatable bonds is 3. The van der Waals surface area contributed by atoms with Gasteiger partial charge in [0.25, 0.3) is 0 Å². The van der Waals surface area contributed by atoms with Gasteiger partial charge < -0.3 is 10.5 Å². The maximum Gasteiger partial charge on any atom is 0.122 e. The van der Waals surface area contributed by atoms with Crippen LogP contribution in [-0.2, 0) is 13.7 Å². The van der Waals surface area contributed by atoms with Crippen LogP contribution in [0.25, 0.3) is 0 Å². The van der Waals surface area contributed by atoms with E-state index < -0.39 is 0 Å². The van der Waals surface area contributed by atoms with Crippen LogP contribution >= 0.6 is 15.9 Å². The first-order chi connectivity index (χ1) is 7.63. The number of ether oxygens (including phenoxy) is 1. The lowest BCUT2D eigenvalue weighted by Crippen LogP contribution is -1.95. The van der Waals surface area contributed by atoms with Crippen LogP contribution in [0.4, 0.5) is 5.69 Å². The Hall–Kier alpha value is -1.49. The second-order valence-corrected chi connectivity index (χ2v) is 4.45. The standard InChI is InChI=1S/C11H12BrN3O/c1-15-6-8(5-14-15)7-16-11-3-9(12)2-10(13)4-11/h2-6H,7,13H2,1H3. The summed E-state index contributed by atoms with van der Waals surface area (Å²) in [5, 5.41) is 4.07. The Morgan fingerprint density at radius 1 is 1.44 bits per heavy atom. The van der Waals surface area contributed by atoms with E-state index in [-0.39, 0.29) is 0 Å². The summed E-state index contributed by atoms with van der Waals surface area (Å²) >= 11 is 3.37. The minimum Gasteiger partial charge on any atom is -0.489 e. The molecule has 0 saturated heterocycles. The maximum atomic E-state index is 5.71. The highest BCUT2D eigenvalue weighted by Gasteiger charge is 2.00. The van der Waals surface area contributed by atoms with Gasteiger partial charge in [-0.05, 0) is 12.1 Å². The normalized spacial score (nSPS) is 10.4. The van der Waals surface area contributed by atoms with Crippen LogP contribution in [0.2, 0.25) is 0 Å². The summed E-state index contributed by atoms with van der Waals surface area (Å²) in [4.78, 5) is 0. The molecule has 0 fully saturated rings. The first-order valence-electron chi connectivity index (χ1n) is 4.80. The van der Waals surface area contributed by atoms with Gasteiger partial charge in [-0.1, -0.05) is 15.9 Å². The third kappa shape index (κ3) is 2.76. The lowest BCUT2D eigenvalue weighted by Gasteiger charge is -2.06. The predicted octanol–water partition coefficient (Wildman–Crippen LogP) is 2.34. The monoisotopic (exact) mass is 281 g/mol. The van der Waals surface area contributed by atoms with Gasteiger partial charge in [-0.25, -0.2) is 0 Å². The molecule has 0 spiro atoms. The van der Waals surface area contributed by atoms with E-state index in [1.54, 1.807) is 16.9 Å². The molecule has 1 heterocycles. The Morgan fingerprint density at radius 3 is 2.88 bits per heavy atom. The number of aryl methyl sites for hydroxylation is 1. The molecular formula is C11H12BrN3O. The van der Waals surface area contributed by atoms with Gasteiger partial charge in [-0.2, -0.15) is 5.10 Å². The summed E-state index contributed by atoms with van der Waals surface area (Å²) in [5.74, 6) is 0.746. The summed E-state index contributed by atoms with van der Waals surface area (Å²) in [6.45, 7) is 0.490. The molecule has 0 aliphatic rings. The van der Waals surface area contributed by atoms with Crippen LogP contribution in [0.1, 0.15) is 5.56 Å². The van der Waals surface area contributed by atoms with Crippen LogP contribution in [0.15, 0.2) is 35.1 Å². The molecule has 0 aliphatic heterocycles. The Bertz CT molecular complexity index is 475. The number of nitrogen functional groups attached to an aromatic ring is 1. The van der Waals surface area contributed by atoms with Crippen molar-refractivity contribution in [2.24, 2.45) is 7.05 Å². The molecule has 4 nitrogen and oxygen atoms in total. The van der Waals surface area contributed by atoms with E-state index in [1.165, 1.54) is 0 Å². The highest BCUT2D eigenvalue weighted by atomic mass is 79.9. The highest BCUT2D eigenvalue weighted by molar-refractivity contribution is 9.10. The zero-order chi connectivity index (χ0) is 11.5. The molecule has 2 rings (SSSR count). The molecule has 1 aromatic heterocycles. The average Bonchev–Trinajstić information content (AvgIpc) is 2.60. The van der Waals surface area contributed by atoms with Gasteiger partial charge in [0.1, 0.15) is 12.4 Å². The summed E-state index contributed by atoms with van der Waals surface area (Å²) in [5.41, 5.74) is 7.41. The average molecular weight is 282 g/mol. The van der Waals surface area contributed by atoms with E-state index >= 15 is 0 Å². The van der Waals surface area contributed by atoms with Crippen molar-refractivity contribution in [3.8, 4) is 5.75 Å². The van der Waals surface area contributed by atoms with E-state index in [4.69, 9.17) is 10.5 Å². The molecule has 0 unspecified atom stereocenters. The predicted molar refractivity (Wildman–Crippen MR) is 66.1 cm³/mol. The maximum absolute atomic E-state index is 5.71. The van der Waals surface area contributed by atoms with Gasteiger partial charge in [0.05, 0.1) is 6.20 Å². The largest absolute Gasteiger partial charge is 0.489 e. The van der Waals surface area contributed by atoms with Crippen molar-refractivity contribution < 1.29 is 4.74 Å². The first kappa shape index (κ1) is 11.0. The van der Waals surface area contributed by atoms with Crippen molar-refractivity contribution in [2.45, 2.75) is 6.61 Å². The second-order valence-electron chi connectivity index (χ2n) is 3.53. The summed E-state index contributed by atoms with van der Waals surface area (Å²) in [6, 6.07) is 5.50. The van der Waals surface area contributed by atoms with Gasteiger partial charge in [0.15, 0.2) is 0 Å². The van der Waals surface area contributed by atoms with Crippen LogP contribution in [0.3, 0.4) is 0 Å². The number of benzene rings is 1. The minimum atomic E-state index is 0.490. The minimum absolute atomic E-state index is 0.490. The zero-order valence-electron chi connectivity index (χ0n) is 8.85. The van der Waals surface area contributed by atoms with Crippen molar-refractivity contribution in [3.05, 3.63) is 40.6 Å². The van der Waals surface area contributed by atoms with Gasteiger partial charge >= 0.3 is 0 Å². The Kier molecular flexibility index (Phi) is 3.14. The number of hydrogen-bond donors (Lipinski definition) is 1. The van der Waals surface area contributed by atoms with E-state index in [2.05, 4.69) is 21.0 Å². The Labute approximate surface area is 102 Å². The molecule has 5 heteroatoms. The number of hydrogen-bond acceptors (Lipinski definition) is 3. The van der Waals surface area contributed by atoms with Crippen molar-refractivity contribution in [2.75, 3.05) is 5.73 Å². The van der Waals surface area contributed by atoms with Crippen molar-refractivity contribution in [3.63, 3.8) is 0 Å². The fourth-order valence-corrected chi connectivity index (χ4v) is 1.87. The SMILES string of the molecule is Cn1cc(COc2cc(N)cc(Br)c2)cn1. The second kappa shape index (κ2) is 4.57. The molecule has 0 atom stereocenters. The summed E-state index contributed by atoms with van der Waals surface area (Å²) in [7, 11) is 1.88. The fourth-order valence-electron chi connectivity index (χ4n) is 1.38. The third-order valence-electron chi connectivity index (χ3n) is 2.06. The lowest BCUT2D eigenvalue weighted by atomic mass is 10.3. The molecule has 84 valence electrons. The molecular weight excluding hydrogens is 270 g/mol. The molecule has 1 aromatic carbocycles. The van der Waals surface area contributed by atoms with Crippen LogP contribution in [-0.4, -0.2) is 9.78 Å². The molecule has 0 aliphatic carbocycles. The number of aromatic nitrogens is 2. The van der Waals surface area contributed by atoms with Gasteiger partial charge in [-0.3, -0.25) is 4.68 Å². The van der Waals surface area contributed by atoms with Crippen molar-refractivity contribution in [1.29, 1.82) is 0 Å². The molecule has 0 bridgehead atoms. The Morgan fingerprint density at radius 2 is 2.25 bits per heavy atom. The van der Waals surface area contributed by atoms with Crippen LogP contribution in [0, 0.1) is 0 Å². The van der Waals surface area contributed by atoms with E-state index in [0.29, 0.717) is 12.3 Å². The topological polar surface area (TPSA) is 53.1 Å². The zero-order valence-corrected chi connectivity index (χ0v) is 10.4. The van der Waals surface area contributed by atoms with E-state index in [0.717, 1.165) is 15.8 Å². The van der Waals surface area contributed by atoms with Crippen LogP contribution in [0.5, 0.6) is 5.75 Å². The summed E-state index contributed by atoms with van der Waals surface area (Å²) < 4.78 is 8.26. The van der Waals surface area contributed by atoms with E-state index in [1.807, 2.05) is 25.4 Å². The van der Waals surface area contributed by atoms with E-state index in [9.17, 15) is 0 Å². The number of anilines is 1. The molecule has 2 aromatic rings. The quantitative estimate of drug-likeness (QED) is 0.879. The summed E-state index contributed by atoms with van der Waals surface area (Å²) in [6.07, 6.45) is 3.70. The highest BCUT2D eigenvalue weighted by Crippen LogP contribution is 2.23. The van der Waals surface area contributed by atoms with Gasteiger partial charge in [0.2, 0.25) is 0 Å². The molecule has 0 radical (unpaired) electrons. The van der Waals surface area contributed by atoms with Gasteiger partial charge in [-0.15, -0.1) is 0 Å².